The summed E-state index contributed by atoms with van der Waals surface area (Å²) in [4.78, 5) is 13.6. The molecule has 2 saturated heterocycles. The Morgan fingerprint density at radius 3 is 2.16 bits per heavy atom. The van der Waals surface area contributed by atoms with Gasteiger partial charge in [0, 0.05) is 17.7 Å². The first-order valence-corrected chi connectivity index (χ1v) is 13.0. The Morgan fingerprint density at radius 1 is 0.791 bits per heavy atom. The van der Waals surface area contributed by atoms with Crippen molar-refractivity contribution in [3.05, 3.63) is 40.6 Å². The number of phenols is 4. The maximum Gasteiger partial charge on any atom is 0.239 e. The number of benzene rings is 2. The molecule has 3 aromatic rings. The van der Waals surface area contributed by atoms with E-state index in [4.69, 9.17) is 23.4 Å². The third-order valence-corrected chi connectivity index (χ3v) is 7.31. The average molecular weight is 611 g/mol. The predicted octanol–water partition coefficient (Wildman–Crippen LogP) is -1.69. The average Bonchev–Trinajstić information content (AvgIpc) is 2.96. The smallest absolute Gasteiger partial charge is 0.239 e. The highest BCUT2D eigenvalue weighted by Gasteiger charge is 2.50. The van der Waals surface area contributed by atoms with Crippen molar-refractivity contribution >= 4 is 11.0 Å². The highest BCUT2D eigenvalue weighted by Crippen LogP contribution is 2.39. The third-order valence-electron chi connectivity index (χ3n) is 7.31. The highest BCUT2D eigenvalue weighted by molar-refractivity contribution is 5.88. The summed E-state index contributed by atoms with van der Waals surface area (Å²) < 4.78 is 28.0. The minimum atomic E-state index is -1.93. The van der Waals surface area contributed by atoms with Gasteiger partial charge in [0.1, 0.15) is 65.2 Å². The lowest BCUT2D eigenvalue weighted by Crippen LogP contribution is -2.64. The quantitative estimate of drug-likeness (QED) is 0.140. The standard InChI is InChI=1S/C27H30O16/c1-8-23(42-27-21(37)19(35)17(33)15(7-28)41-27)20(36)22(38)26(39-8)43-25-18(34)16-13(32)5-10(29)6-14(16)40-24(25)9-2-3-11(30)12(31)4-9/h2-6,8,15,17,19-23,26-33,35-38H,7H2,1H3/t8-,15-,17-,19+,20+,21-,22-,23?,26+,27+/m1/s1. The second kappa shape index (κ2) is 11.8. The molecule has 0 aliphatic carbocycles. The van der Waals surface area contributed by atoms with E-state index in [0.29, 0.717) is 0 Å². The summed E-state index contributed by atoms with van der Waals surface area (Å²) in [5, 5.41) is 101. The van der Waals surface area contributed by atoms with E-state index in [1.54, 1.807) is 0 Å². The summed E-state index contributed by atoms with van der Waals surface area (Å²) in [5.41, 5.74) is -1.27. The first kappa shape index (κ1) is 30.7. The minimum Gasteiger partial charge on any atom is -0.508 e. The predicted molar refractivity (Wildman–Crippen MR) is 140 cm³/mol. The van der Waals surface area contributed by atoms with Gasteiger partial charge in [0.2, 0.25) is 17.5 Å². The lowest BCUT2D eigenvalue weighted by atomic mass is 9.97. The summed E-state index contributed by atoms with van der Waals surface area (Å²) in [5.74, 6) is -3.19. The first-order valence-electron chi connectivity index (χ1n) is 13.0. The molecule has 0 spiro atoms. The van der Waals surface area contributed by atoms with Crippen molar-refractivity contribution in [2.75, 3.05) is 6.61 Å². The van der Waals surface area contributed by atoms with Crippen molar-refractivity contribution in [3.63, 3.8) is 0 Å². The molecule has 234 valence electrons. The molecule has 5 rings (SSSR count). The van der Waals surface area contributed by atoms with E-state index in [1.807, 2.05) is 0 Å². The third kappa shape index (κ3) is 5.55. The number of aromatic hydroxyl groups is 4. The maximum absolute atomic E-state index is 13.6. The molecule has 2 aliphatic heterocycles. The van der Waals surface area contributed by atoms with Crippen molar-refractivity contribution < 1.29 is 74.4 Å². The van der Waals surface area contributed by atoms with Crippen LogP contribution >= 0.6 is 0 Å². The summed E-state index contributed by atoms with van der Waals surface area (Å²) >= 11 is 0. The van der Waals surface area contributed by atoms with Crippen LogP contribution < -0.4 is 10.2 Å². The van der Waals surface area contributed by atoms with Crippen molar-refractivity contribution in [2.45, 2.75) is 68.3 Å². The molecule has 10 atom stereocenters. The molecule has 0 radical (unpaired) electrons. The van der Waals surface area contributed by atoms with E-state index in [1.165, 1.54) is 13.0 Å². The van der Waals surface area contributed by atoms with Crippen molar-refractivity contribution in [3.8, 4) is 40.1 Å². The fourth-order valence-electron chi connectivity index (χ4n) is 4.97. The zero-order valence-electron chi connectivity index (χ0n) is 22.3. The van der Waals surface area contributed by atoms with Crippen LogP contribution in [0.2, 0.25) is 0 Å². The number of rotatable bonds is 6. The van der Waals surface area contributed by atoms with Gasteiger partial charge in [-0.1, -0.05) is 0 Å². The minimum absolute atomic E-state index is 0.00476. The van der Waals surface area contributed by atoms with Crippen molar-refractivity contribution in [1.29, 1.82) is 0 Å². The van der Waals surface area contributed by atoms with Crippen LogP contribution in [0.3, 0.4) is 0 Å². The largest absolute Gasteiger partial charge is 0.508 e. The summed E-state index contributed by atoms with van der Waals surface area (Å²) in [6.07, 6.45) is -16.3. The van der Waals surface area contributed by atoms with Gasteiger partial charge in [-0.3, -0.25) is 4.79 Å². The van der Waals surface area contributed by atoms with E-state index in [0.717, 1.165) is 24.3 Å². The zero-order valence-corrected chi connectivity index (χ0v) is 22.3. The maximum atomic E-state index is 13.6. The first-order chi connectivity index (χ1) is 20.3. The lowest BCUT2D eigenvalue weighted by Gasteiger charge is -2.45. The molecule has 2 aliphatic rings. The molecular weight excluding hydrogens is 580 g/mol. The monoisotopic (exact) mass is 610 g/mol. The Kier molecular flexibility index (Phi) is 8.41. The van der Waals surface area contributed by atoms with Gasteiger partial charge in [0.05, 0.1) is 12.7 Å². The van der Waals surface area contributed by atoms with Gasteiger partial charge in [-0.15, -0.1) is 0 Å². The zero-order chi connectivity index (χ0) is 31.3. The number of aliphatic hydroxyl groups is 6. The van der Waals surface area contributed by atoms with Crippen LogP contribution in [0.4, 0.5) is 0 Å². The number of fused-ring (bicyclic) bond motifs is 1. The molecule has 0 bridgehead atoms. The van der Waals surface area contributed by atoms with Gasteiger partial charge in [-0.05, 0) is 25.1 Å². The molecule has 0 amide bonds. The topological polar surface area (TPSA) is 269 Å². The van der Waals surface area contributed by atoms with E-state index in [-0.39, 0.29) is 16.9 Å². The molecule has 0 saturated carbocycles. The number of ether oxygens (including phenoxy) is 4. The molecular formula is C27H30O16. The number of hydrogen-bond acceptors (Lipinski definition) is 16. The Labute approximate surface area is 241 Å². The van der Waals surface area contributed by atoms with Gasteiger partial charge < -0.3 is 74.4 Å². The molecule has 16 heteroatoms. The summed E-state index contributed by atoms with van der Waals surface area (Å²) in [7, 11) is 0. The molecule has 2 fully saturated rings. The second-order valence-corrected chi connectivity index (χ2v) is 10.2. The Balaban J connectivity index is 1.47. The molecule has 10 N–H and O–H groups in total. The van der Waals surface area contributed by atoms with Gasteiger partial charge in [0.15, 0.2) is 23.5 Å². The van der Waals surface area contributed by atoms with Crippen LogP contribution in [0, 0.1) is 0 Å². The van der Waals surface area contributed by atoms with E-state index >= 15 is 0 Å². The molecule has 1 aromatic heterocycles. The number of hydrogen-bond donors (Lipinski definition) is 10. The van der Waals surface area contributed by atoms with Gasteiger partial charge in [-0.2, -0.15) is 0 Å². The van der Waals surface area contributed by atoms with Crippen LogP contribution in [-0.4, -0.2) is 119 Å². The van der Waals surface area contributed by atoms with Gasteiger partial charge in [-0.25, -0.2) is 0 Å². The summed E-state index contributed by atoms with van der Waals surface area (Å²) in [6.45, 7) is 0.657. The molecule has 3 heterocycles. The van der Waals surface area contributed by atoms with Crippen molar-refractivity contribution in [1.82, 2.24) is 0 Å². The van der Waals surface area contributed by atoms with E-state index < -0.39 is 108 Å². The van der Waals surface area contributed by atoms with Gasteiger partial charge >= 0.3 is 0 Å². The number of phenolic OH excluding ortho intramolecular Hbond substituents is 4. The molecule has 43 heavy (non-hydrogen) atoms. The van der Waals surface area contributed by atoms with Crippen LogP contribution in [0.25, 0.3) is 22.3 Å². The molecule has 2 aromatic carbocycles. The SMILES string of the molecule is C[C@H]1O[C@@H](Oc2c(-c3ccc(O)c(O)c3)oc3cc(O)cc(O)c3c2=O)[C@H](O)[C@H](O)C1O[C@@H]1O[C@H](CO)[C@@H](O)[C@H](O)[C@H]1O. The Hall–Kier alpha value is -3.71. The van der Waals surface area contributed by atoms with Crippen LogP contribution in [0.1, 0.15) is 6.92 Å². The number of aliphatic hydroxyl groups excluding tert-OH is 6. The Morgan fingerprint density at radius 2 is 1.49 bits per heavy atom. The second-order valence-electron chi connectivity index (χ2n) is 10.2. The molecule has 16 nitrogen and oxygen atoms in total. The molecule has 1 unspecified atom stereocenters. The van der Waals surface area contributed by atoms with Crippen molar-refractivity contribution in [2.24, 2.45) is 0 Å². The Bertz CT molecular complexity index is 1540. The summed E-state index contributed by atoms with van der Waals surface area (Å²) in [6, 6.07) is 5.32. The van der Waals surface area contributed by atoms with Crippen LogP contribution in [0.5, 0.6) is 28.7 Å². The van der Waals surface area contributed by atoms with Crippen LogP contribution in [0.15, 0.2) is 39.5 Å². The normalized spacial score (nSPS) is 33.0. The fraction of sp³-hybridized carbons (Fsp3) is 0.444. The fourth-order valence-corrected chi connectivity index (χ4v) is 4.97. The van der Waals surface area contributed by atoms with E-state index in [2.05, 4.69) is 0 Å². The highest BCUT2D eigenvalue weighted by atomic mass is 16.7. The van der Waals surface area contributed by atoms with E-state index in [9.17, 15) is 55.9 Å². The van der Waals surface area contributed by atoms with Gasteiger partial charge in [0.25, 0.3) is 0 Å². The lowest BCUT2D eigenvalue weighted by molar-refractivity contribution is -0.348. The van der Waals surface area contributed by atoms with Crippen LogP contribution in [-0.2, 0) is 14.2 Å².